The van der Waals surface area contributed by atoms with Gasteiger partial charge in [-0.2, -0.15) is 0 Å². The van der Waals surface area contributed by atoms with E-state index in [9.17, 15) is 0 Å². The fourth-order valence-electron chi connectivity index (χ4n) is 1.96. The quantitative estimate of drug-likeness (QED) is 0.809. The van der Waals surface area contributed by atoms with E-state index in [1.807, 2.05) is 25.1 Å². The summed E-state index contributed by atoms with van der Waals surface area (Å²) in [6.07, 6.45) is 0. The topological polar surface area (TPSA) is 54.2 Å². The Hall–Kier alpha value is -1.81. The van der Waals surface area contributed by atoms with E-state index in [-0.39, 0.29) is 0 Å². The second kappa shape index (κ2) is 5.23. The maximum Gasteiger partial charge on any atom is 0.134 e. The monoisotopic (exact) mass is 244 g/mol. The lowest BCUT2D eigenvalue weighted by atomic mass is 10.1. The van der Waals surface area contributed by atoms with Gasteiger partial charge in [-0.25, -0.2) is 4.98 Å². The van der Waals surface area contributed by atoms with Crippen LogP contribution in [0.2, 0.25) is 0 Å². The zero-order valence-electron chi connectivity index (χ0n) is 11.2. The fraction of sp³-hybridized carbons (Fsp3) is 0.357. The number of benzene rings is 1. The summed E-state index contributed by atoms with van der Waals surface area (Å²) in [6.45, 7) is 3.83. The Morgan fingerprint density at radius 1 is 1.28 bits per heavy atom. The number of hydrogen-bond donors (Lipinski definition) is 2. The van der Waals surface area contributed by atoms with Crippen molar-refractivity contribution in [3.63, 3.8) is 0 Å². The minimum absolute atomic E-state index is 0.800. The van der Waals surface area contributed by atoms with Crippen molar-refractivity contribution >= 4 is 22.3 Å². The Morgan fingerprint density at radius 3 is 2.78 bits per heavy atom. The number of aryl methyl sites for hydroxylation is 1. The number of anilines is 2. The van der Waals surface area contributed by atoms with Gasteiger partial charge < -0.3 is 16.0 Å². The van der Waals surface area contributed by atoms with Crippen LogP contribution in [0.15, 0.2) is 24.3 Å². The Morgan fingerprint density at radius 2 is 2.06 bits per heavy atom. The number of aromatic nitrogens is 1. The molecule has 0 saturated heterocycles. The summed E-state index contributed by atoms with van der Waals surface area (Å²) < 4.78 is 0. The van der Waals surface area contributed by atoms with Gasteiger partial charge in [0.1, 0.15) is 5.82 Å². The summed E-state index contributed by atoms with van der Waals surface area (Å²) in [7, 11) is 4.11. The molecule has 4 nitrogen and oxygen atoms in total. The molecule has 0 amide bonds. The number of likely N-dealkylation sites (N-methyl/N-ethyl adjacent to an activating group) is 1. The average molecular weight is 244 g/mol. The summed E-state index contributed by atoms with van der Waals surface area (Å²) in [4.78, 5) is 6.69. The number of nitrogens with one attached hydrogen (secondary N) is 1. The molecule has 96 valence electrons. The van der Waals surface area contributed by atoms with Gasteiger partial charge in [0.25, 0.3) is 0 Å². The van der Waals surface area contributed by atoms with Crippen LogP contribution in [0.4, 0.5) is 11.5 Å². The molecule has 0 unspecified atom stereocenters. The zero-order chi connectivity index (χ0) is 13.1. The molecule has 4 heteroatoms. The van der Waals surface area contributed by atoms with Gasteiger partial charge in [0.05, 0.1) is 0 Å². The average Bonchev–Trinajstić information content (AvgIpc) is 2.30. The smallest absolute Gasteiger partial charge is 0.134 e. The van der Waals surface area contributed by atoms with Crippen LogP contribution in [0.25, 0.3) is 10.8 Å². The van der Waals surface area contributed by atoms with Crippen molar-refractivity contribution in [2.24, 2.45) is 0 Å². The summed E-state index contributed by atoms with van der Waals surface area (Å²) in [5, 5.41) is 5.53. The highest BCUT2D eigenvalue weighted by Crippen LogP contribution is 2.26. The highest BCUT2D eigenvalue weighted by molar-refractivity contribution is 5.99. The minimum Gasteiger partial charge on any atom is -0.398 e. The highest BCUT2D eigenvalue weighted by Gasteiger charge is 2.06. The lowest BCUT2D eigenvalue weighted by molar-refractivity contribution is 0.425. The Bertz CT molecular complexity index is 549. The molecular formula is C14H20N4. The predicted molar refractivity (Wildman–Crippen MR) is 77.9 cm³/mol. The van der Waals surface area contributed by atoms with E-state index in [0.29, 0.717) is 0 Å². The van der Waals surface area contributed by atoms with E-state index in [4.69, 9.17) is 5.73 Å². The second-order valence-electron chi connectivity index (χ2n) is 4.78. The number of nitrogen functional groups attached to an aromatic ring is 1. The molecule has 0 saturated carbocycles. The second-order valence-corrected chi connectivity index (χ2v) is 4.78. The first-order valence-corrected chi connectivity index (χ1v) is 6.12. The molecule has 2 rings (SSSR count). The molecule has 1 aromatic carbocycles. The lowest BCUT2D eigenvalue weighted by Crippen LogP contribution is -2.21. The Balaban J connectivity index is 2.34. The number of fused-ring (bicyclic) bond motifs is 1. The molecule has 0 radical (unpaired) electrons. The van der Waals surface area contributed by atoms with E-state index in [1.54, 1.807) is 0 Å². The summed E-state index contributed by atoms with van der Waals surface area (Å²) >= 11 is 0. The van der Waals surface area contributed by atoms with Crippen molar-refractivity contribution in [1.82, 2.24) is 9.88 Å². The van der Waals surface area contributed by atoms with Crippen molar-refractivity contribution in [2.75, 3.05) is 38.2 Å². The largest absolute Gasteiger partial charge is 0.398 e. The third kappa shape index (κ3) is 2.71. The number of nitrogens with two attached hydrogens (primary N) is 1. The van der Waals surface area contributed by atoms with Crippen molar-refractivity contribution < 1.29 is 0 Å². The van der Waals surface area contributed by atoms with Crippen LogP contribution in [0.5, 0.6) is 0 Å². The van der Waals surface area contributed by atoms with E-state index in [2.05, 4.69) is 35.4 Å². The van der Waals surface area contributed by atoms with Gasteiger partial charge >= 0.3 is 0 Å². The molecule has 1 aromatic heterocycles. The molecular weight excluding hydrogens is 224 g/mol. The molecule has 0 aliphatic rings. The van der Waals surface area contributed by atoms with Crippen LogP contribution in [0.1, 0.15) is 5.69 Å². The van der Waals surface area contributed by atoms with Crippen molar-refractivity contribution in [2.45, 2.75) is 6.92 Å². The van der Waals surface area contributed by atoms with Crippen LogP contribution in [0, 0.1) is 6.92 Å². The highest BCUT2D eigenvalue weighted by atomic mass is 15.1. The third-order valence-corrected chi connectivity index (χ3v) is 2.89. The molecule has 0 fully saturated rings. The summed E-state index contributed by atoms with van der Waals surface area (Å²) in [5.41, 5.74) is 7.79. The normalized spacial score (nSPS) is 11.1. The molecule has 0 atom stereocenters. The Labute approximate surface area is 108 Å². The summed E-state index contributed by atoms with van der Waals surface area (Å²) in [5.74, 6) is 0.916. The first-order valence-electron chi connectivity index (χ1n) is 6.12. The van der Waals surface area contributed by atoms with Gasteiger partial charge in [0.15, 0.2) is 0 Å². The van der Waals surface area contributed by atoms with E-state index in [1.165, 1.54) is 0 Å². The van der Waals surface area contributed by atoms with Gasteiger partial charge in [0.2, 0.25) is 0 Å². The maximum atomic E-state index is 6.01. The van der Waals surface area contributed by atoms with Gasteiger partial charge in [-0.05, 0) is 33.2 Å². The van der Waals surface area contributed by atoms with E-state index < -0.39 is 0 Å². The van der Waals surface area contributed by atoms with Crippen molar-refractivity contribution in [3.8, 4) is 0 Å². The first-order chi connectivity index (χ1) is 8.58. The van der Waals surface area contributed by atoms with Gasteiger partial charge in [-0.1, -0.05) is 12.1 Å². The zero-order valence-corrected chi connectivity index (χ0v) is 11.2. The number of pyridine rings is 1. The third-order valence-electron chi connectivity index (χ3n) is 2.89. The van der Waals surface area contributed by atoms with E-state index >= 15 is 0 Å². The number of rotatable bonds is 4. The van der Waals surface area contributed by atoms with Gasteiger partial charge in [-0.3, -0.25) is 0 Å². The van der Waals surface area contributed by atoms with Gasteiger partial charge in [0, 0.05) is 35.2 Å². The number of hydrogen-bond acceptors (Lipinski definition) is 4. The molecule has 0 aliphatic carbocycles. The van der Waals surface area contributed by atoms with Crippen molar-refractivity contribution in [3.05, 3.63) is 30.0 Å². The first kappa shape index (κ1) is 12.6. The van der Waals surface area contributed by atoms with Crippen LogP contribution < -0.4 is 11.1 Å². The minimum atomic E-state index is 0.800. The fourth-order valence-corrected chi connectivity index (χ4v) is 1.96. The molecule has 18 heavy (non-hydrogen) atoms. The molecule has 1 heterocycles. The predicted octanol–water partition coefficient (Wildman–Crippen LogP) is 2.10. The maximum absolute atomic E-state index is 6.01. The molecule has 3 N–H and O–H groups in total. The van der Waals surface area contributed by atoms with Crippen LogP contribution in [-0.4, -0.2) is 37.1 Å². The summed E-state index contributed by atoms with van der Waals surface area (Å²) in [6, 6.07) is 7.97. The lowest BCUT2D eigenvalue weighted by Gasteiger charge is -2.13. The molecule has 2 aromatic rings. The molecule has 0 aliphatic heterocycles. The van der Waals surface area contributed by atoms with Crippen LogP contribution >= 0.6 is 0 Å². The number of nitrogens with zero attached hydrogens (tertiary/aromatic N) is 2. The molecule has 0 bridgehead atoms. The van der Waals surface area contributed by atoms with Crippen LogP contribution in [-0.2, 0) is 0 Å². The Kier molecular flexibility index (Phi) is 3.67. The standard InChI is InChI=1S/C14H20N4/c1-10-9-12-11(5-4-6-13(12)15)14(17-10)16-7-8-18(2)3/h4-6,9H,7-8,15H2,1-3H3,(H,16,17). The van der Waals surface area contributed by atoms with E-state index in [0.717, 1.165) is 41.1 Å². The molecule has 0 spiro atoms. The van der Waals surface area contributed by atoms with Crippen LogP contribution in [0.3, 0.4) is 0 Å². The van der Waals surface area contributed by atoms with Gasteiger partial charge in [-0.15, -0.1) is 0 Å². The van der Waals surface area contributed by atoms with Crippen molar-refractivity contribution in [1.29, 1.82) is 0 Å². The SMILES string of the molecule is Cc1cc2c(N)cccc2c(NCCN(C)C)n1.